The first kappa shape index (κ1) is 9.93. The number of nitriles is 1. The second kappa shape index (κ2) is 4.28. The lowest BCUT2D eigenvalue weighted by atomic mass is 10.2. The highest BCUT2D eigenvalue weighted by atomic mass is 16.1. The van der Waals surface area contributed by atoms with Crippen molar-refractivity contribution in [1.29, 1.82) is 5.26 Å². The van der Waals surface area contributed by atoms with Gasteiger partial charge in [-0.3, -0.25) is 4.79 Å². The van der Waals surface area contributed by atoms with Crippen molar-refractivity contribution in [2.24, 2.45) is 0 Å². The maximum Gasteiger partial charge on any atom is 0.273 e. The van der Waals surface area contributed by atoms with E-state index in [0.29, 0.717) is 16.9 Å². The van der Waals surface area contributed by atoms with Crippen LogP contribution in [0.3, 0.4) is 0 Å². The Labute approximate surface area is 91.8 Å². The minimum Gasteiger partial charge on any atom is -0.341 e. The fourth-order valence-electron chi connectivity index (χ4n) is 1.21. The van der Waals surface area contributed by atoms with Crippen LogP contribution < -0.4 is 5.32 Å². The van der Waals surface area contributed by atoms with Crippen LogP contribution in [0.5, 0.6) is 0 Å². The molecule has 0 spiro atoms. The Morgan fingerprint density at radius 1 is 1.38 bits per heavy atom. The van der Waals surface area contributed by atoms with Gasteiger partial charge in [-0.2, -0.15) is 5.26 Å². The summed E-state index contributed by atoms with van der Waals surface area (Å²) in [5.74, 6) is -0.262. The molecule has 0 aliphatic heterocycles. The monoisotopic (exact) mass is 212 g/mol. The Morgan fingerprint density at radius 3 is 2.69 bits per heavy atom. The molecule has 0 fully saturated rings. The zero-order chi connectivity index (χ0) is 11.4. The van der Waals surface area contributed by atoms with Gasteiger partial charge in [-0.15, -0.1) is 0 Å². The van der Waals surface area contributed by atoms with Crippen LogP contribution in [0.1, 0.15) is 16.1 Å². The van der Waals surface area contributed by atoms with Gasteiger partial charge in [-0.05, 0) is 24.3 Å². The largest absolute Gasteiger partial charge is 0.341 e. The first-order valence-electron chi connectivity index (χ1n) is 4.59. The van der Waals surface area contributed by atoms with Crippen molar-refractivity contribution in [2.45, 2.75) is 0 Å². The Balaban J connectivity index is 2.10. The molecule has 78 valence electrons. The molecule has 1 aromatic heterocycles. The number of aromatic amines is 1. The molecular weight excluding hydrogens is 204 g/mol. The molecule has 1 amide bonds. The number of hydrogen-bond acceptors (Lipinski definition) is 3. The van der Waals surface area contributed by atoms with Gasteiger partial charge in [0.1, 0.15) is 5.69 Å². The van der Waals surface area contributed by atoms with Crippen molar-refractivity contribution in [1.82, 2.24) is 9.97 Å². The van der Waals surface area contributed by atoms with Crippen LogP contribution in [0, 0.1) is 11.3 Å². The Bertz CT molecular complexity index is 522. The summed E-state index contributed by atoms with van der Waals surface area (Å²) in [6, 6.07) is 8.64. The molecule has 16 heavy (non-hydrogen) atoms. The van der Waals surface area contributed by atoms with Crippen molar-refractivity contribution in [3.05, 3.63) is 48.0 Å². The predicted molar refractivity (Wildman–Crippen MR) is 57.7 cm³/mol. The number of anilines is 1. The van der Waals surface area contributed by atoms with E-state index >= 15 is 0 Å². The predicted octanol–water partition coefficient (Wildman–Crippen LogP) is 1.53. The number of amides is 1. The standard InChI is InChI=1S/C11H8N4O/c12-5-8-1-3-9(4-2-8)15-11(16)10-6-13-7-14-10/h1-4,6-7H,(H,13,14)(H,15,16). The molecule has 1 aromatic carbocycles. The number of H-pyrrole nitrogens is 1. The number of hydrogen-bond donors (Lipinski definition) is 2. The molecule has 0 atom stereocenters. The maximum absolute atomic E-state index is 11.6. The van der Waals surface area contributed by atoms with Crippen molar-refractivity contribution in [3.63, 3.8) is 0 Å². The SMILES string of the molecule is N#Cc1ccc(NC(=O)c2cnc[nH]2)cc1. The van der Waals surface area contributed by atoms with E-state index in [-0.39, 0.29) is 5.91 Å². The molecule has 0 unspecified atom stereocenters. The van der Waals surface area contributed by atoms with Gasteiger partial charge in [0.15, 0.2) is 0 Å². The summed E-state index contributed by atoms with van der Waals surface area (Å²) in [7, 11) is 0. The normalized spacial score (nSPS) is 9.44. The van der Waals surface area contributed by atoms with E-state index < -0.39 is 0 Å². The smallest absolute Gasteiger partial charge is 0.273 e. The molecule has 2 aromatic rings. The molecule has 1 heterocycles. The van der Waals surface area contributed by atoms with Crippen LogP contribution in [-0.2, 0) is 0 Å². The van der Waals surface area contributed by atoms with Crippen LogP contribution in [0.15, 0.2) is 36.8 Å². The highest BCUT2D eigenvalue weighted by Gasteiger charge is 2.06. The first-order valence-corrected chi connectivity index (χ1v) is 4.59. The minimum absolute atomic E-state index is 0.262. The van der Waals surface area contributed by atoms with Gasteiger partial charge in [0.2, 0.25) is 0 Å². The topological polar surface area (TPSA) is 81.6 Å². The van der Waals surface area contributed by atoms with Gasteiger partial charge in [0.05, 0.1) is 24.2 Å². The average molecular weight is 212 g/mol. The number of carbonyl (C=O) groups excluding carboxylic acids is 1. The van der Waals surface area contributed by atoms with E-state index in [0.717, 1.165) is 0 Å². The molecule has 2 N–H and O–H groups in total. The molecule has 2 rings (SSSR count). The molecular formula is C11H8N4O. The lowest BCUT2D eigenvalue weighted by molar-refractivity contribution is 0.102. The first-order chi connectivity index (χ1) is 7.79. The van der Waals surface area contributed by atoms with Crippen LogP contribution in [0.2, 0.25) is 0 Å². The molecule has 0 bridgehead atoms. The molecule has 0 aliphatic carbocycles. The van der Waals surface area contributed by atoms with E-state index in [4.69, 9.17) is 5.26 Å². The molecule has 0 saturated heterocycles. The zero-order valence-electron chi connectivity index (χ0n) is 8.27. The maximum atomic E-state index is 11.6. The number of imidazole rings is 1. The summed E-state index contributed by atoms with van der Waals surface area (Å²) in [5.41, 5.74) is 1.59. The Morgan fingerprint density at radius 2 is 2.12 bits per heavy atom. The third kappa shape index (κ3) is 2.07. The number of benzene rings is 1. The van der Waals surface area contributed by atoms with Crippen LogP contribution in [0.4, 0.5) is 5.69 Å². The van der Waals surface area contributed by atoms with Crippen molar-refractivity contribution in [3.8, 4) is 6.07 Å². The summed E-state index contributed by atoms with van der Waals surface area (Å²) in [6.07, 6.45) is 2.88. The summed E-state index contributed by atoms with van der Waals surface area (Å²) in [5, 5.41) is 11.3. The van der Waals surface area contributed by atoms with Crippen molar-refractivity contribution in [2.75, 3.05) is 5.32 Å². The number of carbonyl (C=O) groups is 1. The lowest BCUT2D eigenvalue weighted by Gasteiger charge is -2.02. The summed E-state index contributed by atoms with van der Waals surface area (Å²) < 4.78 is 0. The molecule has 0 radical (unpaired) electrons. The third-order valence-electron chi connectivity index (χ3n) is 2.01. The van der Waals surface area contributed by atoms with Crippen LogP contribution in [0.25, 0.3) is 0 Å². The van der Waals surface area contributed by atoms with Gasteiger partial charge < -0.3 is 10.3 Å². The lowest BCUT2D eigenvalue weighted by Crippen LogP contribution is -2.11. The van der Waals surface area contributed by atoms with E-state index in [9.17, 15) is 4.79 Å². The highest BCUT2D eigenvalue weighted by molar-refractivity contribution is 6.02. The molecule has 5 nitrogen and oxygen atoms in total. The van der Waals surface area contributed by atoms with E-state index in [1.54, 1.807) is 24.3 Å². The van der Waals surface area contributed by atoms with Gasteiger partial charge in [-0.25, -0.2) is 4.98 Å². The highest BCUT2D eigenvalue weighted by Crippen LogP contribution is 2.09. The number of nitrogens with one attached hydrogen (secondary N) is 2. The van der Waals surface area contributed by atoms with Gasteiger partial charge in [0.25, 0.3) is 5.91 Å². The summed E-state index contributed by atoms with van der Waals surface area (Å²) in [4.78, 5) is 18.0. The fraction of sp³-hybridized carbons (Fsp3) is 0. The molecule has 0 aliphatic rings. The Hall–Kier alpha value is -2.61. The Kier molecular flexibility index (Phi) is 2.65. The zero-order valence-corrected chi connectivity index (χ0v) is 8.27. The molecule has 5 heteroatoms. The molecule has 0 saturated carbocycles. The van der Waals surface area contributed by atoms with Crippen molar-refractivity contribution >= 4 is 11.6 Å². The average Bonchev–Trinajstić information content (AvgIpc) is 2.83. The van der Waals surface area contributed by atoms with E-state index in [2.05, 4.69) is 15.3 Å². The third-order valence-corrected chi connectivity index (χ3v) is 2.01. The summed E-state index contributed by atoms with van der Waals surface area (Å²) in [6.45, 7) is 0. The van der Waals surface area contributed by atoms with Crippen LogP contribution >= 0.6 is 0 Å². The number of nitrogens with zero attached hydrogens (tertiary/aromatic N) is 2. The second-order valence-electron chi connectivity index (χ2n) is 3.11. The number of rotatable bonds is 2. The van der Waals surface area contributed by atoms with Gasteiger partial charge in [0, 0.05) is 5.69 Å². The fourth-order valence-corrected chi connectivity index (χ4v) is 1.21. The van der Waals surface area contributed by atoms with Crippen LogP contribution in [-0.4, -0.2) is 15.9 Å². The van der Waals surface area contributed by atoms with Crippen molar-refractivity contribution < 1.29 is 4.79 Å². The second-order valence-corrected chi connectivity index (χ2v) is 3.11. The minimum atomic E-state index is -0.262. The van der Waals surface area contributed by atoms with Gasteiger partial charge >= 0.3 is 0 Å². The quantitative estimate of drug-likeness (QED) is 0.792. The summed E-state index contributed by atoms with van der Waals surface area (Å²) >= 11 is 0. The van der Waals surface area contributed by atoms with Gasteiger partial charge in [-0.1, -0.05) is 0 Å². The number of aromatic nitrogens is 2. The van der Waals surface area contributed by atoms with E-state index in [1.807, 2.05) is 6.07 Å². The van der Waals surface area contributed by atoms with E-state index in [1.165, 1.54) is 12.5 Å².